The van der Waals surface area contributed by atoms with E-state index in [2.05, 4.69) is 16.2 Å². The van der Waals surface area contributed by atoms with E-state index in [0.29, 0.717) is 34.3 Å². The molecule has 0 spiro atoms. The standard InChI is InChI=1S/C29H27ClN4O5/c1-4-15-29(17-21-18-33(32-31-21)19-26(35)39-6-3)24(16-20-9-7-8-10-25(20)30)27(36)34(28(29)37)22-11-13-23(14-12-22)38-5-2/h1,7-14,16,18H,5-6,15,17,19H2,2-3H3/b24-16-/t29-/m1/s1. The number of anilines is 1. The summed E-state index contributed by atoms with van der Waals surface area (Å²) in [5, 5.41) is 8.56. The van der Waals surface area contributed by atoms with E-state index < -0.39 is 23.2 Å². The van der Waals surface area contributed by atoms with Gasteiger partial charge in [-0.15, -0.1) is 17.4 Å². The van der Waals surface area contributed by atoms with Crippen LogP contribution in [-0.2, 0) is 32.1 Å². The molecular weight excluding hydrogens is 520 g/mol. The third-order valence-corrected chi connectivity index (χ3v) is 6.59. The maximum absolute atomic E-state index is 14.2. The lowest BCUT2D eigenvalue weighted by Gasteiger charge is -2.25. The fraction of sp³-hybridized carbons (Fsp3) is 0.276. The van der Waals surface area contributed by atoms with E-state index in [1.807, 2.05) is 6.92 Å². The number of rotatable bonds is 10. The van der Waals surface area contributed by atoms with Crippen LogP contribution in [0.15, 0.2) is 60.3 Å². The molecule has 0 N–H and O–H groups in total. The number of amides is 2. The highest BCUT2D eigenvalue weighted by molar-refractivity contribution is 6.34. The predicted molar refractivity (Wildman–Crippen MR) is 146 cm³/mol. The molecule has 39 heavy (non-hydrogen) atoms. The number of imide groups is 1. The normalized spacial score (nSPS) is 17.9. The van der Waals surface area contributed by atoms with Gasteiger partial charge in [-0.05, 0) is 55.8 Å². The second kappa shape index (κ2) is 12.0. The number of hydrogen-bond acceptors (Lipinski definition) is 7. The van der Waals surface area contributed by atoms with Crippen molar-refractivity contribution in [1.82, 2.24) is 15.0 Å². The largest absolute Gasteiger partial charge is 0.494 e. The van der Waals surface area contributed by atoms with Crippen LogP contribution in [0, 0.1) is 17.8 Å². The number of ether oxygens (including phenoxy) is 2. The molecule has 9 nitrogen and oxygen atoms in total. The van der Waals surface area contributed by atoms with Gasteiger partial charge in [0, 0.05) is 29.6 Å². The van der Waals surface area contributed by atoms with Crippen molar-refractivity contribution >= 4 is 41.1 Å². The third-order valence-electron chi connectivity index (χ3n) is 6.24. The van der Waals surface area contributed by atoms with Gasteiger partial charge in [0.25, 0.3) is 5.91 Å². The number of hydrogen-bond donors (Lipinski definition) is 0. The Morgan fingerprint density at radius 1 is 1.13 bits per heavy atom. The molecule has 0 unspecified atom stereocenters. The summed E-state index contributed by atoms with van der Waals surface area (Å²) in [6, 6.07) is 13.7. The van der Waals surface area contributed by atoms with Gasteiger partial charge in [-0.3, -0.25) is 14.4 Å². The molecule has 200 valence electrons. The first kappa shape index (κ1) is 27.6. The first-order chi connectivity index (χ1) is 18.8. The summed E-state index contributed by atoms with van der Waals surface area (Å²) in [6.45, 7) is 4.15. The molecule has 2 heterocycles. The van der Waals surface area contributed by atoms with Gasteiger partial charge >= 0.3 is 5.97 Å². The summed E-state index contributed by atoms with van der Waals surface area (Å²) in [4.78, 5) is 41.1. The molecule has 10 heteroatoms. The van der Waals surface area contributed by atoms with Gasteiger partial charge in [-0.25, -0.2) is 9.58 Å². The van der Waals surface area contributed by atoms with E-state index in [-0.39, 0.29) is 31.6 Å². The average molecular weight is 547 g/mol. The minimum absolute atomic E-state index is 0.0194. The Kier molecular flexibility index (Phi) is 8.47. The second-order valence-electron chi connectivity index (χ2n) is 8.80. The molecule has 1 aromatic heterocycles. The van der Waals surface area contributed by atoms with Crippen molar-refractivity contribution in [3.63, 3.8) is 0 Å². The number of carbonyl (C=O) groups excluding carboxylic acids is 3. The lowest BCUT2D eigenvalue weighted by molar-refractivity contribution is -0.144. The first-order valence-corrected chi connectivity index (χ1v) is 12.8. The molecule has 1 saturated heterocycles. The van der Waals surface area contributed by atoms with E-state index in [1.165, 1.54) is 4.68 Å². The van der Waals surface area contributed by atoms with Crippen LogP contribution in [0.2, 0.25) is 5.02 Å². The Labute approximate surface area is 231 Å². The number of aromatic nitrogens is 3. The lowest BCUT2D eigenvalue weighted by Crippen LogP contribution is -2.37. The number of carbonyl (C=O) groups is 3. The zero-order valence-corrected chi connectivity index (χ0v) is 22.4. The number of benzene rings is 2. The van der Waals surface area contributed by atoms with E-state index in [9.17, 15) is 14.4 Å². The molecule has 0 radical (unpaired) electrons. The van der Waals surface area contributed by atoms with Gasteiger partial charge in [-0.1, -0.05) is 35.0 Å². The van der Waals surface area contributed by atoms with Gasteiger partial charge < -0.3 is 9.47 Å². The summed E-state index contributed by atoms with van der Waals surface area (Å²) in [7, 11) is 0. The van der Waals surface area contributed by atoms with Crippen molar-refractivity contribution < 1.29 is 23.9 Å². The van der Waals surface area contributed by atoms with Crippen LogP contribution in [0.3, 0.4) is 0 Å². The topological polar surface area (TPSA) is 104 Å². The number of halogens is 1. The lowest BCUT2D eigenvalue weighted by atomic mass is 9.74. The van der Waals surface area contributed by atoms with Gasteiger partial charge in [0.1, 0.15) is 12.3 Å². The van der Waals surface area contributed by atoms with Crippen molar-refractivity contribution in [2.75, 3.05) is 18.1 Å². The Hall–Kier alpha value is -4.42. The summed E-state index contributed by atoms with van der Waals surface area (Å²) >= 11 is 6.42. The molecular formula is C29H27ClN4O5. The van der Waals surface area contributed by atoms with Crippen LogP contribution >= 0.6 is 11.6 Å². The Morgan fingerprint density at radius 3 is 2.54 bits per heavy atom. The number of esters is 1. The minimum Gasteiger partial charge on any atom is -0.494 e. The predicted octanol–water partition coefficient (Wildman–Crippen LogP) is 4.10. The maximum atomic E-state index is 14.2. The summed E-state index contributed by atoms with van der Waals surface area (Å²) < 4.78 is 11.8. The SMILES string of the molecule is C#CC[C@]1(Cc2cn(CC(=O)OCC)nn2)C(=O)N(c2ccc(OCC)cc2)C(=O)/C1=C/c1ccccc1Cl. The molecule has 3 aromatic rings. The Balaban J connectivity index is 1.80. The number of nitrogens with zero attached hydrogens (tertiary/aromatic N) is 4. The molecule has 2 aromatic carbocycles. The summed E-state index contributed by atoms with van der Waals surface area (Å²) in [6.07, 6.45) is 8.83. The Bertz CT molecular complexity index is 1460. The summed E-state index contributed by atoms with van der Waals surface area (Å²) in [5.74, 6) is 1.71. The van der Waals surface area contributed by atoms with Crippen molar-refractivity contribution in [2.24, 2.45) is 5.41 Å². The van der Waals surface area contributed by atoms with E-state index in [4.69, 9.17) is 27.5 Å². The van der Waals surface area contributed by atoms with Crippen LogP contribution in [-0.4, -0.2) is 46.0 Å². The molecule has 1 aliphatic rings. The smallest absolute Gasteiger partial charge is 0.327 e. The molecule has 2 amide bonds. The third kappa shape index (κ3) is 5.71. The van der Waals surface area contributed by atoms with E-state index in [1.54, 1.807) is 67.7 Å². The van der Waals surface area contributed by atoms with Crippen molar-refractivity contribution in [3.05, 3.63) is 76.6 Å². The molecule has 1 aliphatic heterocycles. The fourth-order valence-corrected chi connectivity index (χ4v) is 4.70. The van der Waals surface area contributed by atoms with Crippen LogP contribution < -0.4 is 9.64 Å². The Morgan fingerprint density at radius 2 is 1.87 bits per heavy atom. The van der Waals surface area contributed by atoms with Gasteiger partial charge in [0.2, 0.25) is 5.91 Å². The molecule has 0 saturated carbocycles. The van der Waals surface area contributed by atoms with Crippen LogP contribution in [0.5, 0.6) is 5.75 Å². The highest BCUT2D eigenvalue weighted by Crippen LogP contribution is 2.46. The molecule has 4 rings (SSSR count). The van der Waals surface area contributed by atoms with Gasteiger partial charge in [-0.2, -0.15) is 0 Å². The van der Waals surface area contributed by atoms with Crippen LogP contribution in [0.4, 0.5) is 5.69 Å². The number of terminal acetylenes is 1. The zero-order chi connectivity index (χ0) is 28.0. The average Bonchev–Trinajstić information content (AvgIpc) is 3.42. The first-order valence-electron chi connectivity index (χ1n) is 12.4. The quantitative estimate of drug-likeness (QED) is 0.163. The van der Waals surface area contributed by atoms with Crippen LogP contribution in [0.25, 0.3) is 6.08 Å². The maximum Gasteiger partial charge on any atom is 0.327 e. The van der Waals surface area contributed by atoms with Gasteiger partial charge in [0.15, 0.2) is 0 Å². The molecule has 1 atom stereocenters. The van der Waals surface area contributed by atoms with E-state index >= 15 is 0 Å². The summed E-state index contributed by atoms with van der Waals surface area (Å²) in [5.41, 5.74) is 0.0651. The zero-order valence-electron chi connectivity index (χ0n) is 21.6. The monoisotopic (exact) mass is 546 g/mol. The van der Waals surface area contributed by atoms with Crippen molar-refractivity contribution in [1.29, 1.82) is 0 Å². The molecule has 0 bridgehead atoms. The molecule has 0 aliphatic carbocycles. The van der Waals surface area contributed by atoms with E-state index in [0.717, 1.165) is 4.90 Å². The van der Waals surface area contributed by atoms with Crippen molar-refractivity contribution in [3.8, 4) is 18.1 Å². The second-order valence-corrected chi connectivity index (χ2v) is 9.21. The highest BCUT2D eigenvalue weighted by Gasteiger charge is 2.56. The fourth-order valence-electron chi connectivity index (χ4n) is 4.51. The van der Waals surface area contributed by atoms with Crippen molar-refractivity contribution in [2.45, 2.75) is 33.2 Å². The van der Waals surface area contributed by atoms with Gasteiger partial charge in [0.05, 0.1) is 30.0 Å². The minimum atomic E-state index is -1.45. The highest BCUT2D eigenvalue weighted by atomic mass is 35.5. The molecule has 1 fully saturated rings. The van der Waals surface area contributed by atoms with Crippen LogP contribution in [0.1, 0.15) is 31.5 Å².